The summed E-state index contributed by atoms with van der Waals surface area (Å²) in [5.41, 5.74) is 1.61. The summed E-state index contributed by atoms with van der Waals surface area (Å²) in [6.07, 6.45) is -0.101. The number of amides is 1. The lowest BCUT2D eigenvalue weighted by Gasteiger charge is -2.19. The molecule has 0 bridgehead atoms. The molecule has 0 radical (unpaired) electrons. The first-order valence-electron chi connectivity index (χ1n) is 9.10. The van der Waals surface area contributed by atoms with E-state index in [1.165, 1.54) is 24.3 Å². The molecule has 0 aliphatic carbocycles. The molecule has 1 N–H and O–H groups in total. The molecule has 1 atom stereocenters. The lowest BCUT2D eigenvalue weighted by atomic mass is 10.0. The Morgan fingerprint density at radius 1 is 1.24 bits per heavy atom. The SMILES string of the molecule is CCOC(=O)C[C@H](NC(=O)Oc1ccc([N+](=O)[O-])cc1)c1ccc2c(c1)CCO2. The highest BCUT2D eigenvalue weighted by atomic mass is 16.6. The molecule has 0 spiro atoms. The van der Waals surface area contributed by atoms with E-state index >= 15 is 0 Å². The molecular weight excluding hydrogens is 380 g/mol. The van der Waals surface area contributed by atoms with Crippen molar-refractivity contribution in [2.45, 2.75) is 25.8 Å². The molecule has 9 heteroatoms. The van der Waals surface area contributed by atoms with Gasteiger partial charge in [-0.3, -0.25) is 14.9 Å². The molecule has 1 heterocycles. The molecule has 2 aromatic rings. The third-order valence-corrected chi connectivity index (χ3v) is 4.34. The highest BCUT2D eigenvalue weighted by Crippen LogP contribution is 2.29. The van der Waals surface area contributed by atoms with Crippen molar-refractivity contribution < 1.29 is 28.7 Å². The standard InChI is InChI=1S/C20H20N2O7/c1-2-27-19(23)12-17(13-3-8-18-14(11-13)9-10-28-18)21-20(24)29-16-6-4-15(5-7-16)22(25)26/h3-8,11,17H,2,9-10,12H2,1H3,(H,21,24)/t17-/m0/s1. The van der Waals surface area contributed by atoms with Crippen molar-refractivity contribution in [3.8, 4) is 11.5 Å². The van der Waals surface area contributed by atoms with E-state index in [4.69, 9.17) is 14.2 Å². The summed E-state index contributed by atoms with van der Waals surface area (Å²) in [6.45, 7) is 2.53. The Kier molecular flexibility index (Phi) is 6.28. The minimum atomic E-state index is -0.787. The number of ether oxygens (including phenoxy) is 3. The number of nitro groups is 1. The Morgan fingerprint density at radius 3 is 2.69 bits per heavy atom. The van der Waals surface area contributed by atoms with E-state index in [1.54, 1.807) is 19.1 Å². The van der Waals surface area contributed by atoms with Gasteiger partial charge in [0.15, 0.2) is 0 Å². The molecule has 1 aliphatic rings. The highest BCUT2D eigenvalue weighted by Gasteiger charge is 2.23. The summed E-state index contributed by atoms with van der Waals surface area (Å²) in [4.78, 5) is 34.5. The van der Waals surface area contributed by atoms with Crippen LogP contribution in [0.2, 0.25) is 0 Å². The predicted molar refractivity (Wildman–Crippen MR) is 102 cm³/mol. The van der Waals surface area contributed by atoms with Crippen LogP contribution in [0.5, 0.6) is 11.5 Å². The number of nitro benzene ring substituents is 1. The first-order valence-corrected chi connectivity index (χ1v) is 9.10. The first-order chi connectivity index (χ1) is 14.0. The van der Waals surface area contributed by atoms with Crippen molar-refractivity contribution in [2.75, 3.05) is 13.2 Å². The molecule has 3 rings (SSSR count). The number of fused-ring (bicyclic) bond motifs is 1. The van der Waals surface area contributed by atoms with Crippen LogP contribution in [0, 0.1) is 10.1 Å². The highest BCUT2D eigenvalue weighted by molar-refractivity contribution is 5.74. The molecule has 0 fully saturated rings. The second kappa shape index (κ2) is 9.05. The smallest absolute Gasteiger partial charge is 0.413 e. The largest absolute Gasteiger partial charge is 0.493 e. The Balaban J connectivity index is 1.72. The van der Waals surface area contributed by atoms with Crippen molar-refractivity contribution in [1.82, 2.24) is 5.32 Å². The van der Waals surface area contributed by atoms with Gasteiger partial charge in [-0.2, -0.15) is 0 Å². The molecule has 152 valence electrons. The Bertz CT molecular complexity index is 912. The second-order valence-corrected chi connectivity index (χ2v) is 6.31. The van der Waals surface area contributed by atoms with Gasteiger partial charge in [-0.25, -0.2) is 4.79 Å². The van der Waals surface area contributed by atoms with Crippen LogP contribution in [0.4, 0.5) is 10.5 Å². The van der Waals surface area contributed by atoms with Crippen LogP contribution in [-0.2, 0) is 16.0 Å². The molecular formula is C20H20N2O7. The van der Waals surface area contributed by atoms with Crippen molar-refractivity contribution in [2.24, 2.45) is 0 Å². The van der Waals surface area contributed by atoms with Gasteiger partial charge in [0, 0.05) is 18.6 Å². The van der Waals surface area contributed by atoms with Crippen molar-refractivity contribution in [1.29, 1.82) is 0 Å². The maximum atomic E-state index is 12.3. The number of nitrogens with one attached hydrogen (secondary N) is 1. The molecule has 1 aliphatic heterocycles. The third-order valence-electron chi connectivity index (χ3n) is 4.34. The molecule has 0 unspecified atom stereocenters. The van der Waals surface area contributed by atoms with Gasteiger partial charge in [0.25, 0.3) is 5.69 Å². The van der Waals surface area contributed by atoms with Crippen LogP contribution in [0.15, 0.2) is 42.5 Å². The lowest BCUT2D eigenvalue weighted by Crippen LogP contribution is -2.33. The maximum absolute atomic E-state index is 12.3. The van der Waals surface area contributed by atoms with Gasteiger partial charge in [-0.15, -0.1) is 0 Å². The van der Waals surface area contributed by atoms with E-state index in [-0.39, 0.29) is 24.5 Å². The number of hydrogen-bond donors (Lipinski definition) is 1. The number of carbonyl (C=O) groups is 2. The molecule has 0 aromatic heterocycles. The quantitative estimate of drug-likeness (QED) is 0.430. The number of nitrogens with zero attached hydrogens (tertiary/aromatic N) is 1. The Labute approximate surface area is 166 Å². The number of esters is 1. The number of non-ortho nitro benzene ring substituents is 1. The van der Waals surface area contributed by atoms with Gasteiger partial charge in [-0.05, 0) is 42.3 Å². The summed E-state index contributed by atoms with van der Waals surface area (Å²) >= 11 is 0. The molecule has 29 heavy (non-hydrogen) atoms. The molecule has 1 amide bonds. The summed E-state index contributed by atoms with van der Waals surface area (Å²) in [6, 6.07) is 9.93. The summed E-state index contributed by atoms with van der Waals surface area (Å²) in [7, 11) is 0. The molecule has 0 saturated heterocycles. The molecule has 0 saturated carbocycles. The minimum Gasteiger partial charge on any atom is -0.493 e. The summed E-state index contributed by atoms with van der Waals surface area (Å²) in [5, 5.41) is 13.4. The zero-order valence-electron chi connectivity index (χ0n) is 15.8. The zero-order chi connectivity index (χ0) is 20.8. The Morgan fingerprint density at radius 2 is 2.00 bits per heavy atom. The summed E-state index contributed by atoms with van der Waals surface area (Å²) < 4.78 is 15.7. The third kappa shape index (κ3) is 5.22. The monoisotopic (exact) mass is 400 g/mol. The predicted octanol–water partition coefficient (Wildman–Crippen LogP) is 3.31. The zero-order valence-corrected chi connectivity index (χ0v) is 15.8. The fourth-order valence-electron chi connectivity index (χ4n) is 2.98. The van der Waals surface area contributed by atoms with Crippen LogP contribution in [0.1, 0.15) is 30.5 Å². The lowest BCUT2D eigenvalue weighted by molar-refractivity contribution is -0.384. The maximum Gasteiger partial charge on any atom is 0.413 e. The average molecular weight is 400 g/mol. The van der Waals surface area contributed by atoms with Crippen LogP contribution >= 0.6 is 0 Å². The molecule has 2 aromatic carbocycles. The number of benzene rings is 2. The first kappa shape index (κ1) is 20.1. The average Bonchev–Trinajstić information content (AvgIpc) is 3.16. The van der Waals surface area contributed by atoms with E-state index in [0.717, 1.165) is 23.3 Å². The van der Waals surface area contributed by atoms with E-state index < -0.39 is 23.0 Å². The van der Waals surface area contributed by atoms with Crippen molar-refractivity contribution >= 4 is 17.7 Å². The van der Waals surface area contributed by atoms with Crippen molar-refractivity contribution in [3.05, 3.63) is 63.7 Å². The van der Waals surface area contributed by atoms with Gasteiger partial charge in [0.1, 0.15) is 11.5 Å². The molecule has 9 nitrogen and oxygen atoms in total. The second-order valence-electron chi connectivity index (χ2n) is 6.31. The minimum absolute atomic E-state index is 0.0666. The van der Waals surface area contributed by atoms with Crippen LogP contribution < -0.4 is 14.8 Å². The Hall–Kier alpha value is -3.62. The van der Waals surface area contributed by atoms with Gasteiger partial charge in [0.05, 0.1) is 30.6 Å². The van der Waals surface area contributed by atoms with Crippen LogP contribution in [-0.4, -0.2) is 30.2 Å². The fourth-order valence-corrected chi connectivity index (χ4v) is 2.98. The van der Waals surface area contributed by atoms with E-state index in [2.05, 4.69) is 5.32 Å². The van der Waals surface area contributed by atoms with Gasteiger partial charge < -0.3 is 19.5 Å². The van der Waals surface area contributed by atoms with E-state index in [0.29, 0.717) is 6.61 Å². The van der Waals surface area contributed by atoms with Crippen LogP contribution in [0.3, 0.4) is 0 Å². The number of hydrogen-bond acceptors (Lipinski definition) is 7. The van der Waals surface area contributed by atoms with Crippen LogP contribution in [0.25, 0.3) is 0 Å². The van der Waals surface area contributed by atoms with Gasteiger partial charge in [-0.1, -0.05) is 6.07 Å². The van der Waals surface area contributed by atoms with Gasteiger partial charge in [0.2, 0.25) is 0 Å². The van der Waals surface area contributed by atoms with Crippen molar-refractivity contribution in [3.63, 3.8) is 0 Å². The van der Waals surface area contributed by atoms with E-state index in [1.807, 2.05) is 6.07 Å². The number of carbonyl (C=O) groups excluding carboxylic acids is 2. The summed E-state index contributed by atoms with van der Waals surface area (Å²) in [5.74, 6) is 0.479. The van der Waals surface area contributed by atoms with E-state index in [9.17, 15) is 19.7 Å². The topological polar surface area (TPSA) is 117 Å². The fraction of sp³-hybridized carbons (Fsp3) is 0.300. The number of rotatable bonds is 7. The normalized spacial score (nSPS) is 13.0. The van der Waals surface area contributed by atoms with Gasteiger partial charge >= 0.3 is 12.1 Å².